The van der Waals surface area contributed by atoms with E-state index < -0.39 is 35.3 Å². The van der Waals surface area contributed by atoms with Gasteiger partial charge in [-0.25, -0.2) is 9.18 Å². The Morgan fingerprint density at radius 3 is 2.38 bits per heavy atom. The summed E-state index contributed by atoms with van der Waals surface area (Å²) in [5.74, 6) is -1.22. The Morgan fingerprint density at radius 2 is 1.69 bits per heavy atom. The lowest BCUT2D eigenvalue weighted by atomic mass is 9.85. The number of amides is 4. The zero-order valence-corrected chi connectivity index (χ0v) is 22.5. The number of methoxy groups -OCH3 is 1. The molecule has 0 saturated carbocycles. The molecular weight excluding hydrogens is 499 g/mol. The molecule has 3 aromatic rings. The predicted molar refractivity (Wildman–Crippen MR) is 148 cm³/mol. The summed E-state index contributed by atoms with van der Waals surface area (Å²) in [6.07, 6.45) is 0.0969. The molecule has 1 aliphatic rings. The average Bonchev–Trinajstić information content (AvgIpc) is 2.99. The molecule has 0 radical (unpaired) electrons. The number of nitrogens with one attached hydrogen (secondary N) is 3. The van der Waals surface area contributed by atoms with Gasteiger partial charge in [-0.1, -0.05) is 42.5 Å². The molecule has 39 heavy (non-hydrogen) atoms. The number of urea groups is 1. The van der Waals surface area contributed by atoms with Gasteiger partial charge in [-0.3, -0.25) is 9.59 Å². The van der Waals surface area contributed by atoms with Gasteiger partial charge in [0.25, 0.3) is 0 Å². The monoisotopic (exact) mass is 532 g/mol. The molecule has 0 aliphatic carbocycles. The fourth-order valence-electron chi connectivity index (χ4n) is 4.76. The normalized spacial score (nSPS) is 17.1. The van der Waals surface area contributed by atoms with Crippen LogP contribution in [0.3, 0.4) is 0 Å². The van der Waals surface area contributed by atoms with Crippen LogP contribution in [0, 0.1) is 5.82 Å². The van der Waals surface area contributed by atoms with Gasteiger partial charge in [-0.2, -0.15) is 0 Å². The topological polar surface area (TPSA) is 99.8 Å². The third kappa shape index (κ3) is 6.73. The van der Waals surface area contributed by atoms with Crippen LogP contribution in [0.25, 0.3) is 0 Å². The Labute approximate surface area is 227 Å². The Kier molecular flexibility index (Phi) is 8.18. The van der Waals surface area contributed by atoms with Crippen LogP contribution in [0.5, 0.6) is 5.75 Å². The lowest BCUT2D eigenvalue weighted by Crippen LogP contribution is -2.53. The Morgan fingerprint density at radius 1 is 1.00 bits per heavy atom. The molecular formula is C30H33FN4O4. The zero-order chi connectivity index (χ0) is 28.2. The quantitative estimate of drug-likeness (QED) is 0.424. The minimum Gasteiger partial charge on any atom is -0.497 e. The van der Waals surface area contributed by atoms with Crippen molar-refractivity contribution < 1.29 is 23.5 Å². The molecule has 3 N–H and O–H groups in total. The SMILES string of the molecule is COc1cccc(NC(=O)NC2CC(c3ccccc3F)c3ccccc3N(CC(=O)NC(C)(C)C)C2=O)c1. The second-order valence-electron chi connectivity index (χ2n) is 10.5. The number of nitrogens with zero attached hydrogens (tertiary/aromatic N) is 1. The number of ether oxygens (including phenoxy) is 1. The van der Waals surface area contributed by atoms with Crippen molar-refractivity contribution in [2.75, 3.05) is 23.9 Å². The maximum Gasteiger partial charge on any atom is 0.319 e. The number of carbonyl (C=O) groups excluding carboxylic acids is 3. The molecule has 8 nitrogen and oxygen atoms in total. The molecule has 9 heteroatoms. The molecule has 0 spiro atoms. The van der Waals surface area contributed by atoms with E-state index >= 15 is 4.39 Å². The highest BCUT2D eigenvalue weighted by molar-refractivity contribution is 6.05. The van der Waals surface area contributed by atoms with Crippen LogP contribution in [-0.2, 0) is 9.59 Å². The summed E-state index contributed by atoms with van der Waals surface area (Å²) in [5.41, 5.74) is 1.56. The number of para-hydroxylation sites is 1. The molecule has 2 atom stereocenters. The van der Waals surface area contributed by atoms with Crippen LogP contribution < -0.4 is 25.6 Å². The largest absolute Gasteiger partial charge is 0.497 e. The van der Waals surface area contributed by atoms with Gasteiger partial charge >= 0.3 is 6.03 Å². The fraction of sp³-hybridized carbons (Fsp3) is 0.300. The molecule has 4 rings (SSSR count). The third-order valence-corrected chi connectivity index (χ3v) is 6.37. The average molecular weight is 533 g/mol. The Bertz CT molecular complexity index is 1370. The van der Waals surface area contributed by atoms with Crippen LogP contribution in [0.4, 0.5) is 20.6 Å². The smallest absolute Gasteiger partial charge is 0.319 e. The van der Waals surface area contributed by atoms with E-state index in [2.05, 4.69) is 16.0 Å². The number of anilines is 2. The van der Waals surface area contributed by atoms with E-state index in [9.17, 15) is 14.4 Å². The molecule has 0 fully saturated rings. The van der Waals surface area contributed by atoms with Gasteiger partial charge in [0.2, 0.25) is 11.8 Å². The molecule has 4 amide bonds. The summed E-state index contributed by atoms with van der Waals surface area (Å²) in [7, 11) is 1.52. The summed E-state index contributed by atoms with van der Waals surface area (Å²) in [6.45, 7) is 5.30. The first-order valence-electron chi connectivity index (χ1n) is 12.7. The maximum atomic E-state index is 15.1. The van der Waals surface area contributed by atoms with E-state index in [0.717, 1.165) is 0 Å². The number of fused-ring (bicyclic) bond motifs is 1. The maximum absolute atomic E-state index is 15.1. The van der Waals surface area contributed by atoms with E-state index in [1.165, 1.54) is 18.1 Å². The first-order chi connectivity index (χ1) is 18.6. The van der Waals surface area contributed by atoms with Crippen molar-refractivity contribution in [2.45, 2.75) is 44.7 Å². The molecule has 204 valence electrons. The number of carbonyl (C=O) groups is 3. The second kappa shape index (κ2) is 11.6. The fourth-order valence-corrected chi connectivity index (χ4v) is 4.76. The van der Waals surface area contributed by atoms with Crippen molar-refractivity contribution >= 4 is 29.2 Å². The molecule has 0 aromatic heterocycles. The summed E-state index contributed by atoms with van der Waals surface area (Å²) < 4.78 is 20.3. The van der Waals surface area contributed by atoms with Crippen LogP contribution in [-0.4, -0.2) is 43.1 Å². The number of halogens is 1. The van der Waals surface area contributed by atoms with Crippen LogP contribution >= 0.6 is 0 Å². The summed E-state index contributed by atoms with van der Waals surface area (Å²) in [4.78, 5) is 41.3. The van der Waals surface area contributed by atoms with E-state index in [0.29, 0.717) is 28.3 Å². The zero-order valence-electron chi connectivity index (χ0n) is 22.5. The lowest BCUT2D eigenvalue weighted by Gasteiger charge is -2.28. The van der Waals surface area contributed by atoms with Crippen LogP contribution in [0.15, 0.2) is 72.8 Å². The lowest BCUT2D eigenvalue weighted by molar-refractivity contribution is -0.125. The van der Waals surface area contributed by atoms with Crippen molar-refractivity contribution in [3.8, 4) is 5.75 Å². The second-order valence-corrected chi connectivity index (χ2v) is 10.5. The van der Waals surface area contributed by atoms with Crippen molar-refractivity contribution in [2.24, 2.45) is 0 Å². The summed E-state index contributed by atoms with van der Waals surface area (Å²) in [5, 5.41) is 8.37. The van der Waals surface area contributed by atoms with Gasteiger partial charge in [0.15, 0.2) is 0 Å². The van der Waals surface area contributed by atoms with Gasteiger partial charge in [-0.15, -0.1) is 0 Å². The van der Waals surface area contributed by atoms with Gasteiger partial charge in [0.05, 0.1) is 7.11 Å². The van der Waals surface area contributed by atoms with Crippen molar-refractivity contribution in [3.05, 3.63) is 89.7 Å². The standard InChI is InChI=1S/C30H33FN4O4/c1-30(2,3)34-27(36)18-35-26-15-8-6-13-22(26)23(21-12-5-7-14-24(21)31)17-25(28(35)37)33-29(38)32-19-10-9-11-20(16-19)39-4/h5-16,23,25H,17-18H2,1-4H3,(H,34,36)(H2,32,33,38). The van der Waals surface area contributed by atoms with Crippen molar-refractivity contribution in [1.82, 2.24) is 10.6 Å². The Balaban J connectivity index is 1.71. The van der Waals surface area contributed by atoms with Crippen molar-refractivity contribution in [1.29, 1.82) is 0 Å². The number of hydrogen-bond acceptors (Lipinski definition) is 4. The van der Waals surface area contributed by atoms with Crippen LogP contribution in [0.1, 0.15) is 44.2 Å². The molecule has 0 bridgehead atoms. The van der Waals surface area contributed by atoms with Gasteiger partial charge in [0, 0.05) is 28.9 Å². The number of benzene rings is 3. The highest BCUT2D eigenvalue weighted by Gasteiger charge is 2.38. The molecule has 3 aromatic carbocycles. The third-order valence-electron chi connectivity index (χ3n) is 6.37. The summed E-state index contributed by atoms with van der Waals surface area (Å²) in [6, 6.07) is 18.7. The highest BCUT2D eigenvalue weighted by atomic mass is 19.1. The van der Waals surface area contributed by atoms with Crippen molar-refractivity contribution in [3.63, 3.8) is 0 Å². The number of hydrogen-bond donors (Lipinski definition) is 3. The number of rotatable bonds is 6. The predicted octanol–water partition coefficient (Wildman–Crippen LogP) is 4.81. The molecule has 2 unspecified atom stereocenters. The van der Waals surface area contributed by atoms with Gasteiger partial charge in [-0.05, 0) is 62.6 Å². The minimum absolute atomic E-state index is 0.0969. The molecule has 1 heterocycles. The molecule has 0 saturated heterocycles. The van der Waals surface area contributed by atoms with Crippen LogP contribution in [0.2, 0.25) is 0 Å². The first kappa shape index (κ1) is 27.6. The highest BCUT2D eigenvalue weighted by Crippen LogP contribution is 2.40. The van der Waals surface area contributed by atoms with E-state index in [-0.39, 0.29) is 18.9 Å². The summed E-state index contributed by atoms with van der Waals surface area (Å²) >= 11 is 0. The van der Waals surface area contributed by atoms with E-state index in [4.69, 9.17) is 4.74 Å². The first-order valence-corrected chi connectivity index (χ1v) is 12.7. The van der Waals surface area contributed by atoms with Gasteiger partial charge in [0.1, 0.15) is 24.2 Å². The minimum atomic E-state index is -1.05. The molecule has 1 aliphatic heterocycles. The van der Waals surface area contributed by atoms with E-state index in [1.807, 2.05) is 32.9 Å². The van der Waals surface area contributed by atoms with Gasteiger partial charge < -0.3 is 25.6 Å². The van der Waals surface area contributed by atoms with E-state index in [1.54, 1.807) is 54.6 Å². The Hall–Kier alpha value is -4.40.